The van der Waals surface area contributed by atoms with Crippen molar-refractivity contribution in [2.75, 3.05) is 10.6 Å². The van der Waals surface area contributed by atoms with Gasteiger partial charge in [-0.3, -0.25) is 4.79 Å². The van der Waals surface area contributed by atoms with Gasteiger partial charge in [-0.1, -0.05) is 4.32 Å². The molecule has 1 heterocycles. The number of carbonyl (C=O) groups excluding carboxylic acids is 1. The average Bonchev–Trinajstić information content (AvgIpc) is 2.17. The lowest BCUT2D eigenvalue weighted by atomic mass is 10.0. The largest absolute Gasteiger partial charge is 0.411 e. The molecule has 1 aliphatic heterocycles. The third-order valence-electron chi connectivity index (χ3n) is 2.25. The van der Waals surface area contributed by atoms with Crippen LogP contribution in [-0.2, 0) is 23.8 Å². The molecule has 0 radical (unpaired) electrons. The van der Waals surface area contributed by atoms with Crippen molar-refractivity contribution < 1.29 is 4.79 Å². The predicted molar refractivity (Wildman–Crippen MR) is 67.0 cm³/mol. The van der Waals surface area contributed by atoms with E-state index >= 15 is 0 Å². The van der Waals surface area contributed by atoms with Crippen molar-refractivity contribution in [2.45, 2.75) is 12.8 Å². The number of thiocarbonyl (C=S) groups is 1. The van der Waals surface area contributed by atoms with Gasteiger partial charge >= 0.3 is 0 Å². The summed E-state index contributed by atoms with van der Waals surface area (Å²) in [5, 5.41) is 5.71. The van der Waals surface area contributed by atoms with E-state index in [9.17, 15) is 4.79 Å². The number of hydrogen-bond acceptors (Lipinski definition) is 3. The van der Waals surface area contributed by atoms with Crippen LogP contribution in [0.1, 0.15) is 12.0 Å². The molecule has 0 spiro atoms. The van der Waals surface area contributed by atoms with E-state index < -0.39 is 0 Å². The van der Waals surface area contributed by atoms with E-state index in [-0.39, 0.29) is 5.91 Å². The normalized spacial score (nSPS) is 14.0. The van der Waals surface area contributed by atoms with E-state index in [1.807, 2.05) is 18.2 Å². The minimum absolute atomic E-state index is 0.0713. The molecule has 15 heavy (non-hydrogen) atoms. The van der Waals surface area contributed by atoms with Crippen LogP contribution in [0.25, 0.3) is 0 Å². The second-order valence-electron chi connectivity index (χ2n) is 3.33. The molecule has 0 saturated heterocycles. The molecule has 1 aliphatic rings. The van der Waals surface area contributed by atoms with Gasteiger partial charge in [-0.15, -0.1) is 0 Å². The number of benzene rings is 1. The fourth-order valence-corrected chi connectivity index (χ4v) is 1.81. The average molecular weight is 237 g/mol. The van der Waals surface area contributed by atoms with Gasteiger partial charge in [0.15, 0.2) is 0 Å². The number of rotatable bonds is 1. The van der Waals surface area contributed by atoms with Gasteiger partial charge < -0.3 is 35.5 Å². The molecule has 1 amide bonds. The lowest BCUT2D eigenvalue weighted by molar-refractivity contribution is -0.116. The van der Waals surface area contributed by atoms with E-state index in [1.54, 1.807) is 0 Å². The highest BCUT2D eigenvalue weighted by molar-refractivity contribution is 8.00. The maximum Gasteiger partial charge on any atom is 0.224 e. The molecule has 2 N–H and O–H groups in total. The first-order valence-electron chi connectivity index (χ1n) is 4.56. The Morgan fingerprint density at radius 3 is 3.00 bits per heavy atom. The van der Waals surface area contributed by atoms with Gasteiger partial charge in [0, 0.05) is 17.8 Å². The second kappa shape index (κ2) is 4.12. The van der Waals surface area contributed by atoms with Crippen molar-refractivity contribution in [3.05, 3.63) is 23.8 Å². The molecule has 3 nitrogen and oxygen atoms in total. The lowest BCUT2D eigenvalue weighted by Crippen LogP contribution is -2.19. The Bertz CT molecular complexity index is 431. The highest BCUT2D eigenvalue weighted by Crippen LogP contribution is 2.25. The summed E-state index contributed by atoms with van der Waals surface area (Å²) >= 11 is 9.57. The van der Waals surface area contributed by atoms with Crippen LogP contribution in [0, 0.1) is 0 Å². The highest BCUT2D eigenvalue weighted by atomic mass is 32.1. The van der Waals surface area contributed by atoms with Gasteiger partial charge in [0.1, 0.15) is 0 Å². The molecule has 78 valence electrons. The van der Waals surface area contributed by atoms with Crippen LogP contribution in [0.2, 0.25) is 0 Å². The maximum atomic E-state index is 11.1. The summed E-state index contributed by atoms with van der Waals surface area (Å²) in [7, 11) is 0. The molecule has 2 rings (SSSR count). The summed E-state index contributed by atoms with van der Waals surface area (Å²) in [6.07, 6.45) is 1.30. The number of anilines is 2. The van der Waals surface area contributed by atoms with Crippen molar-refractivity contribution in [3.8, 4) is 0 Å². The Morgan fingerprint density at radius 2 is 2.27 bits per heavy atom. The quantitative estimate of drug-likeness (QED) is 0.577. The fourth-order valence-electron chi connectivity index (χ4n) is 1.58. The van der Waals surface area contributed by atoms with Crippen LogP contribution < -0.4 is 10.6 Å². The zero-order valence-corrected chi connectivity index (χ0v) is 9.50. The van der Waals surface area contributed by atoms with Gasteiger partial charge in [-0.2, -0.15) is 0 Å². The first kappa shape index (κ1) is 10.3. The number of hydrogen-bond donors (Lipinski definition) is 2. The number of fused-ring (bicyclic) bond motifs is 1. The molecular weight excluding hydrogens is 228 g/mol. The zero-order chi connectivity index (χ0) is 10.8. The van der Waals surface area contributed by atoms with Crippen molar-refractivity contribution in [1.82, 2.24) is 0 Å². The number of amides is 1. The molecule has 0 fully saturated rings. The van der Waals surface area contributed by atoms with E-state index in [1.165, 1.54) is 0 Å². The molecule has 1 aromatic rings. The van der Waals surface area contributed by atoms with Gasteiger partial charge in [-0.25, -0.2) is 0 Å². The second-order valence-corrected chi connectivity index (χ2v) is 4.41. The smallest absolute Gasteiger partial charge is 0.224 e. The van der Waals surface area contributed by atoms with Crippen molar-refractivity contribution >= 4 is 46.4 Å². The minimum Gasteiger partial charge on any atom is -0.411 e. The zero-order valence-electron chi connectivity index (χ0n) is 7.87. The first-order chi connectivity index (χ1) is 7.15. The van der Waals surface area contributed by atoms with Crippen molar-refractivity contribution in [3.63, 3.8) is 0 Å². The van der Waals surface area contributed by atoms with Gasteiger partial charge in [0.2, 0.25) is 5.91 Å². The van der Waals surface area contributed by atoms with Crippen LogP contribution >= 0.6 is 12.2 Å². The third-order valence-corrected chi connectivity index (χ3v) is 2.45. The van der Waals surface area contributed by atoms with Gasteiger partial charge in [-0.05, 0) is 30.2 Å². The monoisotopic (exact) mass is 237 g/mol. The van der Waals surface area contributed by atoms with Crippen LogP contribution in [0.3, 0.4) is 0 Å². The molecule has 0 aliphatic carbocycles. The number of nitrogens with one attached hydrogen (secondary N) is 2. The van der Waals surface area contributed by atoms with Crippen molar-refractivity contribution in [2.24, 2.45) is 0 Å². The standard InChI is InChI=1S/C10H10N2OS2/c13-9-4-1-6-5-7(11-10(14)15)2-3-8(6)12-9/h2-3,5H,1,4H2,(H,12,13)(H2,11,14,15)/p-1. The summed E-state index contributed by atoms with van der Waals surface area (Å²) < 4.78 is 0.329. The fraction of sp³-hybridized carbons (Fsp3) is 0.200. The molecule has 5 heteroatoms. The third kappa shape index (κ3) is 2.43. The maximum absolute atomic E-state index is 11.1. The molecule has 0 bridgehead atoms. The lowest BCUT2D eigenvalue weighted by Gasteiger charge is -2.18. The van der Waals surface area contributed by atoms with E-state index in [4.69, 9.17) is 24.8 Å². The minimum atomic E-state index is 0.0713. The molecular formula is C10H9N2OS2-. The SMILES string of the molecule is O=C1CCc2cc(NC(=S)[S-])ccc2N1. The molecule has 1 aromatic carbocycles. The van der Waals surface area contributed by atoms with Gasteiger partial charge in [0.05, 0.1) is 0 Å². The highest BCUT2D eigenvalue weighted by Gasteiger charge is 2.14. The summed E-state index contributed by atoms with van der Waals surface area (Å²) in [5.74, 6) is 0.0713. The first-order valence-corrected chi connectivity index (χ1v) is 5.37. The van der Waals surface area contributed by atoms with Crippen molar-refractivity contribution in [1.29, 1.82) is 0 Å². The Hall–Kier alpha value is -1.20. The number of carbonyl (C=O) groups is 1. The van der Waals surface area contributed by atoms with Crippen LogP contribution in [0.4, 0.5) is 11.4 Å². The van der Waals surface area contributed by atoms with E-state index in [0.29, 0.717) is 10.7 Å². The molecule has 0 atom stereocenters. The molecule has 0 aromatic heterocycles. The van der Waals surface area contributed by atoms with Crippen LogP contribution in [0.5, 0.6) is 0 Å². The summed E-state index contributed by atoms with van der Waals surface area (Å²) in [6, 6.07) is 5.68. The Labute approximate surface area is 98.7 Å². The van der Waals surface area contributed by atoms with Crippen LogP contribution in [0.15, 0.2) is 18.2 Å². The Morgan fingerprint density at radius 1 is 1.47 bits per heavy atom. The number of aryl methyl sites for hydroxylation is 1. The Balaban J connectivity index is 2.26. The Kier molecular flexibility index (Phi) is 2.83. The summed E-state index contributed by atoms with van der Waals surface area (Å²) in [6.45, 7) is 0. The molecule has 0 saturated carbocycles. The van der Waals surface area contributed by atoms with E-state index in [0.717, 1.165) is 23.4 Å². The molecule has 0 unspecified atom stereocenters. The summed E-state index contributed by atoms with van der Waals surface area (Å²) in [5.41, 5.74) is 2.88. The predicted octanol–water partition coefficient (Wildman–Crippen LogP) is 1.81. The van der Waals surface area contributed by atoms with E-state index in [2.05, 4.69) is 10.6 Å². The summed E-state index contributed by atoms with van der Waals surface area (Å²) in [4.78, 5) is 11.1. The van der Waals surface area contributed by atoms with Crippen LogP contribution in [-0.4, -0.2) is 10.2 Å². The van der Waals surface area contributed by atoms with Gasteiger partial charge in [0.25, 0.3) is 0 Å². The topological polar surface area (TPSA) is 41.1 Å².